The highest BCUT2D eigenvalue weighted by atomic mass is 79.9. The highest BCUT2D eigenvalue weighted by molar-refractivity contribution is 9.28. The zero-order chi connectivity index (χ0) is 19.4. The van der Waals surface area contributed by atoms with E-state index in [1.165, 1.54) is 18.2 Å². The molecule has 0 N–H and O–H groups in total. The van der Waals surface area contributed by atoms with Gasteiger partial charge in [0.2, 0.25) is 0 Å². The number of alkyl halides is 3. The molecule has 0 radical (unpaired) electrons. The van der Waals surface area contributed by atoms with Crippen LogP contribution in [0.2, 0.25) is 0 Å². The molecule has 0 amide bonds. The zero-order valence-corrected chi connectivity index (χ0v) is 16.7. The predicted octanol–water partition coefficient (Wildman–Crippen LogP) is 5.40. The molecule has 0 saturated carbocycles. The van der Waals surface area contributed by atoms with Crippen LogP contribution in [0.1, 0.15) is 16.7 Å². The lowest BCUT2D eigenvalue weighted by Gasteiger charge is -2.11. The monoisotopic (exact) mass is 508 g/mol. The minimum absolute atomic E-state index is 0.0986. The average molecular weight is 510 g/mol. The van der Waals surface area contributed by atoms with Gasteiger partial charge in [-0.1, -0.05) is 30.0 Å². The van der Waals surface area contributed by atoms with Crippen LogP contribution in [0, 0.1) is 11.8 Å². The van der Waals surface area contributed by atoms with Gasteiger partial charge in [0.25, 0.3) is 0 Å². The third-order valence-corrected chi connectivity index (χ3v) is 4.31. The number of hydrogen-bond acceptors (Lipinski definition) is 3. The van der Waals surface area contributed by atoms with Crippen molar-refractivity contribution in [3.05, 3.63) is 68.6 Å². The van der Waals surface area contributed by atoms with Crippen LogP contribution >= 0.6 is 31.9 Å². The predicted molar refractivity (Wildman–Crippen MR) is 100 cm³/mol. The zero-order valence-electron chi connectivity index (χ0n) is 12.7. The Balaban J connectivity index is 2.43. The Morgan fingerprint density at radius 1 is 1.00 bits per heavy atom. The van der Waals surface area contributed by atoms with Crippen LogP contribution in [0.4, 0.5) is 13.2 Å². The molecular weight excluding hydrogens is 501 g/mol. The number of rotatable bonds is 3. The summed E-state index contributed by atoms with van der Waals surface area (Å²) in [4.78, 5) is 0. The molecule has 0 bridgehead atoms. The fourth-order valence-corrected chi connectivity index (χ4v) is 2.74. The summed E-state index contributed by atoms with van der Waals surface area (Å²) in [7, 11) is -5.77. The Labute approximate surface area is 165 Å². The Morgan fingerprint density at radius 3 is 2.19 bits per heavy atom. The van der Waals surface area contributed by atoms with E-state index in [-0.39, 0.29) is 5.56 Å². The Bertz CT molecular complexity index is 985. The summed E-state index contributed by atoms with van der Waals surface area (Å²) < 4.78 is 64.7. The molecule has 0 aliphatic carbocycles. The second-order valence-electron chi connectivity index (χ2n) is 4.79. The fourth-order valence-electron chi connectivity index (χ4n) is 1.76. The summed E-state index contributed by atoms with van der Waals surface area (Å²) in [6, 6.07) is 13.0. The summed E-state index contributed by atoms with van der Waals surface area (Å²) >= 11 is 6.16. The fraction of sp³-hybridized carbons (Fsp3) is 0.0588. The van der Waals surface area contributed by atoms with E-state index in [1.54, 1.807) is 12.1 Å². The molecule has 0 aromatic heterocycles. The van der Waals surface area contributed by atoms with Gasteiger partial charge in [0.05, 0.1) is 3.39 Å². The Hall–Kier alpha value is -1.76. The highest BCUT2D eigenvalue weighted by Crippen LogP contribution is 2.31. The van der Waals surface area contributed by atoms with Crippen LogP contribution in [-0.4, -0.2) is 13.9 Å². The lowest BCUT2D eigenvalue weighted by molar-refractivity contribution is -0.0500. The van der Waals surface area contributed by atoms with Crippen LogP contribution in [0.25, 0.3) is 6.08 Å². The standard InChI is InChI=1S/C17H9Br2F3O3S/c18-16(19)11-14-10-13(7-6-12-4-2-1-3-5-12)8-9-15(14)25-26(23,24)17(20,21)22/h1-5,8-11H. The summed E-state index contributed by atoms with van der Waals surface area (Å²) in [6.45, 7) is 0. The van der Waals surface area contributed by atoms with Crippen LogP contribution < -0.4 is 4.18 Å². The van der Waals surface area contributed by atoms with Crippen molar-refractivity contribution >= 4 is 48.1 Å². The van der Waals surface area contributed by atoms with Crippen molar-refractivity contribution in [2.24, 2.45) is 0 Å². The van der Waals surface area contributed by atoms with Crippen molar-refractivity contribution in [1.82, 2.24) is 0 Å². The maximum atomic E-state index is 12.5. The Morgan fingerprint density at radius 2 is 1.62 bits per heavy atom. The van der Waals surface area contributed by atoms with Gasteiger partial charge in [0.15, 0.2) is 0 Å². The first-order valence-corrected chi connectivity index (χ1v) is 9.82. The van der Waals surface area contributed by atoms with E-state index in [1.807, 2.05) is 18.2 Å². The summed E-state index contributed by atoms with van der Waals surface area (Å²) in [6.07, 6.45) is 1.36. The number of benzene rings is 2. The average Bonchev–Trinajstić information content (AvgIpc) is 2.54. The minimum Gasteiger partial charge on any atom is -0.375 e. The molecular formula is C17H9Br2F3O3S. The maximum Gasteiger partial charge on any atom is 0.534 e. The van der Waals surface area contributed by atoms with Crippen molar-refractivity contribution < 1.29 is 25.8 Å². The lowest BCUT2D eigenvalue weighted by Crippen LogP contribution is -2.28. The van der Waals surface area contributed by atoms with Crippen LogP contribution in [0.15, 0.2) is 51.9 Å². The first-order chi connectivity index (χ1) is 12.1. The van der Waals surface area contributed by atoms with Gasteiger partial charge in [-0.2, -0.15) is 21.6 Å². The minimum atomic E-state index is -5.77. The second-order valence-corrected chi connectivity index (χ2v) is 9.10. The summed E-state index contributed by atoms with van der Waals surface area (Å²) in [5, 5.41) is 0. The number of hydrogen-bond donors (Lipinski definition) is 0. The molecule has 0 fully saturated rings. The Kier molecular flexibility index (Phi) is 6.55. The molecule has 0 aliphatic heterocycles. The molecule has 26 heavy (non-hydrogen) atoms. The van der Waals surface area contributed by atoms with E-state index >= 15 is 0 Å². The van der Waals surface area contributed by atoms with Crippen LogP contribution in [-0.2, 0) is 10.1 Å². The van der Waals surface area contributed by atoms with Gasteiger partial charge in [-0.25, -0.2) is 0 Å². The second kappa shape index (κ2) is 8.29. The number of halogens is 5. The molecule has 2 aromatic carbocycles. The molecule has 0 saturated heterocycles. The molecule has 0 unspecified atom stereocenters. The first-order valence-electron chi connectivity index (χ1n) is 6.83. The third-order valence-electron chi connectivity index (χ3n) is 2.88. The lowest BCUT2D eigenvalue weighted by atomic mass is 10.1. The van der Waals surface area contributed by atoms with Crippen LogP contribution in [0.3, 0.4) is 0 Å². The van der Waals surface area contributed by atoms with Crippen molar-refractivity contribution in [2.45, 2.75) is 5.51 Å². The largest absolute Gasteiger partial charge is 0.534 e. The highest BCUT2D eigenvalue weighted by Gasteiger charge is 2.48. The normalized spacial score (nSPS) is 11.3. The van der Waals surface area contributed by atoms with Gasteiger partial charge in [0.1, 0.15) is 5.75 Å². The molecule has 9 heteroatoms. The maximum absolute atomic E-state index is 12.5. The summed E-state index contributed by atoms with van der Waals surface area (Å²) in [5.41, 5.74) is -4.20. The third kappa shape index (κ3) is 5.62. The van der Waals surface area contributed by atoms with Gasteiger partial charge in [-0.15, -0.1) is 0 Å². The van der Waals surface area contributed by atoms with Crippen molar-refractivity contribution in [3.8, 4) is 17.6 Å². The molecule has 0 aliphatic rings. The van der Waals surface area contributed by atoms with E-state index < -0.39 is 21.4 Å². The van der Waals surface area contributed by atoms with E-state index in [9.17, 15) is 21.6 Å². The molecule has 136 valence electrons. The molecule has 0 heterocycles. The SMILES string of the molecule is O=S(=O)(Oc1ccc(C#Cc2ccccc2)cc1C=C(Br)Br)C(F)(F)F. The van der Waals surface area contributed by atoms with Crippen molar-refractivity contribution in [1.29, 1.82) is 0 Å². The van der Waals surface area contributed by atoms with E-state index in [0.29, 0.717) is 8.96 Å². The molecule has 3 nitrogen and oxygen atoms in total. The van der Waals surface area contributed by atoms with Gasteiger partial charge in [0, 0.05) is 16.7 Å². The first kappa shape index (κ1) is 20.6. The van der Waals surface area contributed by atoms with E-state index in [0.717, 1.165) is 11.6 Å². The van der Waals surface area contributed by atoms with Gasteiger partial charge in [-0.05, 0) is 68.3 Å². The molecule has 2 aromatic rings. The van der Waals surface area contributed by atoms with E-state index in [4.69, 9.17) is 0 Å². The van der Waals surface area contributed by atoms with Gasteiger partial charge >= 0.3 is 15.6 Å². The molecule has 0 spiro atoms. The van der Waals surface area contributed by atoms with E-state index in [2.05, 4.69) is 47.9 Å². The molecule has 2 rings (SSSR count). The topological polar surface area (TPSA) is 43.4 Å². The van der Waals surface area contributed by atoms with Crippen LogP contribution in [0.5, 0.6) is 5.75 Å². The van der Waals surface area contributed by atoms with Crippen molar-refractivity contribution in [3.63, 3.8) is 0 Å². The summed E-state index contributed by atoms with van der Waals surface area (Å²) in [5.74, 6) is 5.29. The quantitative estimate of drug-likeness (QED) is 0.316. The van der Waals surface area contributed by atoms with Crippen molar-refractivity contribution in [2.75, 3.05) is 0 Å². The smallest absolute Gasteiger partial charge is 0.375 e. The van der Waals surface area contributed by atoms with Gasteiger partial charge < -0.3 is 4.18 Å². The van der Waals surface area contributed by atoms with Gasteiger partial charge in [-0.3, -0.25) is 0 Å². The molecule has 0 atom stereocenters.